The second-order valence-electron chi connectivity index (χ2n) is 7.43. The molecule has 0 spiro atoms. The lowest BCUT2D eigenvalue weighted by molar-refractivity contribution is -0.130. The fourth-order valence-corrected chi connectivity index (χ4v) is 4.12. The number of amides is 2. The van der Waals surface area contributed by atoms with Gasteiger partial charge in [0.1, 0.15) is 0 Å². The third-order valence-electron chi connectivity index (χ3n) is 5.67. The smallest absolute Gasteiger partial charge is 0.233 e. The van der Waals surface area contributed by atoms with E-state index in [1.807, 2.05) is 41.3 Å². The molecular formula is C21H24N4O2. The van der Waals surface area contributed by atoms with Crippen LogP contribution in [0.2, 0.25) is 0 Å². The molecule has 0 N–H and O–H groups in total. The largest absolute Gasteiger partial charge is 0.339 e. The van der Waals surface area contributed by atoms with E-state index < -0.39 is 0 Å². The zero-order valence-corrected chi connectivity index (χ0v) is 15.5. The number of anilines is 1. The second-order valence-corrected chi connectivity index (χ2v) is 7.43. The lowest BCUT2D eigenvalue weighted by atomic mass is 10.1. The topological polar surface area (TPSA) is 66.4 Å². The summed E-state index contributed by atoms with van der Waals surface area (Å²) in [4.78, 5) is 28.7. The number of benzene rings is 1. The first-order valence-corrected chi connectivity index (χ1v) is 9.59. The Morgan fingerprint density at radius 3 is 2.48 bits per heavy atom. The molecule has 1 unspecified atom stereocenters. The van der Waals surface area contributed by atoms with Crippen molar-refractivity contribution in [3.63, 3.8) is 0 Å². The number of rotatable bonds is 4. The average molecular weight is 364 g/mol. The molecule has 1 saturated heterocycles. The number of carbonyl (C=O) groups excluding carboxylic acids is 2. The maximum absolute atomic E-state index is 12.9. The highest BCUT2D eigenvalue weighted by Gasteiger charge is 2.39. The fourth-order valence-electron chi connectivity index (χ4n) is 4.12. The maximum Gasteiger partial charge on any atom is 0.233 e. The number of hydrogen-bond acceptors (Lipinski definition) is 4. The molecule has 6 heteroatoms. The minimum Gasteiger partial charge on any atom is -0.339 e. The Hall–Kier alpha value is -2.76. The molecule has 1 aliphatic carbocycles. The normalized spacial score (nSPS) is 20.3. The van der Waals surface area contributed by atoms with E-state index in [2.05, 4.69) is 10.2 Å². The molecule has 2 aromatic rings. The summed E-state index contributed by atoms with van der Waals surface area (Å²) in [5.41, 5.74) is 1.75. The van der Waals surface area contributed by atoms with Crippen LogP contribution >= 0.6 is 0 Å². The van der Waals surface area contributed by atoms with E-state index in [-0.39, 0.29) is 17.7 Å². The van der Waals surface area contributed by atoms with E-state index in [0.717, 1.165) is 24.1 Å². The van der Waals surface area contributed by atoms with E-state index in [4.69, 9.17) is 0 Å². The van der Waals surface area contributed by atoms with Gasteiger partial charge in [-0.15, -0.1) is 10.2 Å². The van der Waals surface area contributed by atoms with Crippen LogP contribution < -0.4 is 4.90 Å². The van der Waals surface area contributed by atoms with Gasteiger partial charge in [-0.05, 0) is 25.0 Å². The summed E-state index contributed by atoms with van der Waals surface area (Å²) < 4.78 is 0. The number of nitrogens with zero attached hydrogens (tertiary/aromatic N) is 4. The highest BCUT2D eigenvalue weighted by molar-refractivity contribution is 5.98. The van der Waals surface area contributed by atoms with Crippen LogP contribution in [0.4, 0.5) is 5.82 Å². The summed E-state index contributed by atoms with van der Waals surface area (Å²) in [7, 11) is 1.71. The minimum atomic E-state index is -0.293. The lowest BCUT2D eigenvalue weighted by Gasteiger charge is -2.24. The van der Waals surface area contributed by atoms with Crippen LogP contribution in [0.3, 0.4) is 0 Å². The lowest BCUT2D eigenvalue weighted by Crippen LogP contribution is -2.38. The van der Waals surface area contributed by atoms with Gasteiger partial charge in [-0.1, -0.05) is 43.2 Å². The van der Waals surface area contributed by atoms with Gasteiger partial charge in [0, 0.05) is 31.6 Å². The van der Waals surface area contributed by atoms with E-state index in [1.165, 1.54) is 17.7 Å². The molecule has 2 fully saturated rings. The van der Waals surface area contributed by atoms with E-state index >= 15 is 0 Å². The summed E-state index contributed by atoms with van der Waals surface area (Å²) in [5.74, 6) is 0.259. The predicted molar refractivity (Wildman–Crippen MR) is 103 cm³/mol. The van der Waals surface area contributed by atoms with Gasteiger partial charge in [0.2, 0.25) is 11.8 Å². The highest BCUT2D eigenvalue weighted by Crippen LogP contribution is 2.30. The monoisotopic (exact) mass is 364 g/mol. The first-order valence-electron chi connectivity index (χ1n) is 9.59. The Bertz CT molecular complexity index is 816. The highest BCUT2D eigenvalue weighted by atomic mass is 16.2. The zero-order valence-electron chi connectivity index (χ0n) is 15.5. The minimum absolute atomic E-state index is 0.0643. The Labute approximate surface area is 159 Å². The van der Waals surface area contributed by atoms with Gasteiger partial charge < -0.3 is 4.90 Å². The molecule has 1 saturated carbocycles. The summed E-state index contributed by atoms with van der Waals surface area (Å²) in [6.07, 6.45) is 4.78. The first-order chi connectivity index (χ1) is 13.1. The van der Waals surface area contributed by atoms with Crippen molar-refractivity contribution in [3.8, 4) is 11.3 Å². The molecule has 0 radical (unpaired) electrons. The molecule has 2 amide bonds. The third-order valence-corrected chi connectivity index (χ3v) is 5.67. The molecular weight excluding hydrogens is 340 g/mol. The predicted octanol–water partition coefficient (Wildman–Crippen LogP) is 2.90. The van der Waals surface area contributed by atoms with E-state index in [1.54, 1.807) is 13.1 Å². The first kappa shape index (κ1) is 17.6. The van der Waals surface area contributed by atoms with Crippen molar-refractivity contribution in [2.45, 2.75) is 38.1 Å². The van der Waals surface area contributed by atoms with Gasteiger partial charge in [0.15, 0.2) is 5.82 Å². The van der Waals surface area contributed by atoms with Crippen molar-refractivity contribution in [3.05, 3.63) is 42.5 Å². The van der Waals surface area contributed by atoms with Crippen LogP contribution in [-0.2, 0) is 9.59 Å². The molecule has 0 bridgehead atoms. The number of hydrogen-bond donors (Lipinski definition) is 0. The van der Waals surface area contributed by atoms with Crippen molar-refractivity contribution in [1.29, 1.82) is 0 Å². The van der Waals surface area contributed by atoms with Crippen molar-refractivity contribution >= 4 is 17.6 Å². The molecule has 4 rings (SSSR count). The Balaban J connectivity index is 1.44. The Morgan fingerprint density at radius 1 is 1.07 bits per heavy atom. The Kier molecular flexibility index (Phi) is 4.88. The summed E-state index contributed by atoms with van der Waals surface area (Å²) in [6, 6.07) is 13.8. The molecule has 1 aliphatic heterocycles. The zero-order chi connectivity index (χ0) is 18.8. The molecule has 1 atom stereocenters. The molecule has 2 heterocycles. The van der Waals surface area contributed by atoms with Gasteiger partial charge in [-0.3, -0.25) is 14.5 Å². The van der Waals surface area contributed by atoms with E-state index in [0.29, 0.717) is 24.8 Å². The van der Waals surface area contributed by atoms with Gasteiger partial charge >= 0.3 is 0 Å². The molecule has 2 aliphatic rings. The van der Waals surface area contributed by atoms with Crippen LogP contribution in [0.15, 0.2) is 42.5 Å². The summed E-state index contributed by atoms with van der Waals surface area (Å²) in [5, 5.41) is 8.47. The number of aromatic nitrogens is 2. The molecule has 1 aromatic heterocycles. The van der Waals surface area contributed by atoms with Crippen molar-refractivity contribution in [2.24, 2.45) is 5.92 Å². The van der Waals surface area contributed by atoms with Crippen molar-refractivity contribution in [1.82, 2.24) is 15.1 Å². The van der Waals surface area contributed by atoms with Crippen LogP contribution in [-0.4, -0.2) is 46.5 Å². The molecule has 140 valence electrons. The van der Waals surface area contributed by atoms with Crippen LogP contribution in [0.25, 0.3) is 11.3 Å². The summed E-state index contributed by atoms with van der Waals surface area (Å²) >= 11 is 0. The van der Waals surface area contributed by atoms with Gasteiger partial charge in [0.25, 0.3) is 0 Å². The van der Waals surface area contributed by atoms with Gasteiger partial charge in [-0.2, -0.15) is 0 Å². The fraction of sp³-hybridized carbons (Fsp3) is 0.429. The van der Waals surface area contributed by atoms with Crippen LogP contribution in [0.1, 0.15) is 32.1 Å². The SMILES string of the molecule is CN(C(=O)C1CC(=O)N(C2CCCC2)C1)c1ccc(-c2ccccc2)nn1. The Morgan fingerprint density at radius 2 is 1.81 bits per heavy atom. The molecule has 6 nitrogen and oxygen atoms in total. The van der Waals surface area contributed by atoms with Gasteiger partial charge in [-0.25, -0.2) is 0 Å². The molecule has 27 heavy (non-hydrogen) atoms. The average Bonchev–Trinajstić information content (AvgIpc) is 3.37. The van der Waals surface area contributed by atoms with Crippen molar-refractivity contribution in [2.75, 3.05) is 18.5 Å². The number of likely N-dealkylation sites (tertiary alicyclic amines) is 1. The summed E-state index contributed by atoms with van der Waals surface area (Å²) in [6.45, 7) is 0.530. The second kappa shape index (κ2) is 7.47. The van der Waals surface area contributed by atoms with Crippen LogP contribution in [0.5, 0.6) is 0 Å². The maximum atomic E-state index is 12.9. The van der Waals surface area contributed by atoms with Gasteiger partial charge in [0.05, 0.1) is 11.6 Å². The quantitative estimate of drug-likeness (QED) is 0.837. The third kappa shape index (κ3) is 3.56. The van der Waals surface area contributed by atoms with E-state index in [9.17, 15) is 9.59 Å². The number of carbonyl (C=O) groups is 2. The van der Waals surface area contributed by atoms with Crippen LogP contribution in [0, 0.1) is 5.92 Å². The standard InChI is InChI=1S/C21H24N4O2/c1-24(19-12-11-18(22-23-19)15-7-3-2-4-8-15)21(27)16-13-20(26)25(14-16)17-9-5-6-10-17/h2-4,7-8,11-12,16-17H,5-6,9-10,13-14H2,1H3. The molecule has 1 aromatic carbocycles. The van der Waals surface area contributed by atoms with Crippen molar-refractivity contribution < 1.29 is 9.59 Å².